The number of aliphatic hydroxyl groups is 1. The Hall–Kier alpha value is -5.22. The van der Waals surface area contributed by atoms with E-state index in [9.17, 15) is 19.5 Å². The van der Waals surface area contributed by atoms with Crippen LogP contribution in [0.4, 0.5) is 5.69 Å². The molecule has 1 aliphatic rings. The highest BCUT2D eigenvalue weighted by molar-refractivity contribution is 6.07. The molecule has 0 fully saturated rings. The van der Waals surface area contributed by atoms with Crippen LogP contribution in [0.3, 0.4) is 0 Å². The summed E-state index contributed by atoms with van der Waals surface area (Å²) in [6, 6.07) is 20.0. The number of carbonyl (C=O) groups is 3. The number of H-pyrrole nitrogens is 1. The number of aryl methyl sites for hydroxylation is 3. The molecule has 0 radical (unpaired) electrons. The maximum atomic E-state index is 14.6. The maximum absolute atomic E-state index is 14.6. The van der Waals surface area contributed by atoms with E-state index in [-0.39, 0.29) is 24.3 Å². The fraction of sp³-hybridized carbons (Fsp3) is 0.366. The number of hydrogen-bond acceptors (Lipinski definition) is 5. The van der Waals surface area contributed by atoms with Gasteiger partial charge in [0.1, 0.15) is 0 Å². The number of rotatable bonds is 12. The van der Waals surface area contributed by atoms with E-state index in [2.05, 4.69) is 24.1 Å². The second kappa shape index (κ2) is 15.3. The Kier molecular flexibility index (Phi) is 10.7. The van der Waals surface area contributed by atoms with Crippen LogP contribution in [0.25, 0.3) is 16.6 Å². The topological polar surface area (TPSA) is 124 Å². The molecule has 3 amide bonds. The minimum absolute atomic E-state index is 0.132. The number of aliphatic hydroxyl groups excluding tert-OH is 1. The monoisotopic (exact) mass is 688 g/mol. The van der Waals surface area contributed by atoms with Gasteiger partial charge >= 0.3 is 0 Å². The van der Waals surface area contributed by atoms with Crippen LogP contribution in [-0.2, 0) is 13.0 Å². The standard InChI is InChI=1S/C41H48N6O4/c1-6-8-18-45(19-9-7-2)41(51)37-20-26(3)47(44-37)38-17-15-32(43-39(49)30-14-16-34-27(4)28(5)42-36(34)22-30)23-35(38)40(50)46-24-31-13-11-10-12-29(31)21-33(46)25-48/h10-17,20,22-23,33,42,48H,6-9,18-19,21,24-25H2,1-5H3,(H,43,49). The first-order chi connectivity index (χ1) is 24.6. The normalized spacial score (nSPS) is 14.1. The van der Waals surface area contributed by atoms with Gasteiger partial charge in [0, 0.05) is 53.2 Å². The van der Waals surface area contributed by atoms with Gasteiger partial charge in [-0.15, -0.1) is 0 Å². The van der Waals surface area contributed by atoms with Crippen molar-refractivity contribution in [3.05, 3.63) is 112 Å². The van der Waals surface area contributed by atoms with E-state index in [1.54, 1.807) is 39.9 Å². The average Bonchev–Trinajstić information content (AvgIpc) is 3.67. The molecule has 0 saturated carbocycles. The minimum Gasteiger partial charge on any atom is -0.394 e. The number of benzene rings is 3. The van der Waals surface area contributed by atoms with Crippen molar-refractivity contribution in [1.29, 1.82) is 0 Å². The van der Waals surface area contributed by atoms with Gasteiger partial charge < -0.3 is 25.2 Å². The van der Waals surface area contributed by atoms with Gasteiger partial charge in [0.15, 0.2) is 5.69 Å². The van der Waals surface area contributed by atoms with Gasteiger partial charge in [-0.2, -0.15) is 5.10 Å². The van der Waals surface area contributed by atoms with Crippen LogP contribution < -0.4 is 5.32 Å². The van der Waals surface area contributed by atoms with Gasteiger partial charge in [-0.05, 0) is 93.1 Å². The van der Waals surface area contributed by atoms with Gasteiger partial charge in [0.2, 0.25) is 0 Å². The molecule has 0 bridgehead atoms. The van der Waals surface area contributed by atoms with Crippen LogP contribution in [-0.4, -0.2) is 73.1 Å². The molecular formula is C41H48N6O4. The summed E-state index contributed by atoms with van der Waals surface area (Å²) in [4.78, 5) is 48.8. The summed E-state index contributed by atoms with van der Waals surface area (Å²) in [5.74, 6) is -0.743. The van der Waals surface area contributed by atoms with Gasteiger partial charge in [-0.1, -0.05) is 57.0 Å². The molecule has 1 atom stereocenters. The van der Waals surface area contributed by atoms with E-state index in [0.717, 1.165) is 59.0 Å². The summed E-state index contributed by atoms with van der Waals surface area (Å²) < 4.78 is 1.64. The largest absolute Gasteiger partial charge is 0.394 e. The van der Waals surface area contributed by atoms with E-state index in [1.165, 1.54) is 0 Å². The van der Waals surface area contributed by atoms with E-state index >= 15 is 0 Å². The van der Waals surface area contributed by atoms with Gasteiger partial charge in [-0.25, -0.2) is 4.68 Å². The number of aromatic amines is 1. The van der Waals surface area contributed by atoms with E-state index in [0.29, 0.717) is 59.9 Å². The third-order valence-electron chi connectivity index (χ3n) is 10.1. The zero-order valence-electron chi connectivity index (χ0n) is 30.3. The quantitative estimate of drug-likeness (QED) is 0.129. The zero-order chi connectivity index (χ0) is 36.2. The van der Waals surface area contributed by atoms with E-state index < -0.39 is 6.04 Å². The molecule has 2 aromatic heterocycles. The molecule has 1 aliphatic heterocycles. The number of nitrogens with zero attached hydrogens (tertiary/aromatic N) is 4. The number of nitrogens with one attached hydrogen (secondary N) is 2. The molecular weight excluding hydrogens is 640 g/mol. The number of fused-ring (bicyclic) bond motifs is 2. The maximum Gasteiger partial charge on any atom is 0.274 e. The Morgan fingerprint density at radius 3 is 2.37 bits per heavy atom. The number of anilines is 1. The predicted octanol–water partition coefficient (Wildman–Crippen LogP) is 7.13. The van der Waals surface area contributed by atoms with Crippen molar-refractivity contribution < 1.29 is 19.5 Å². The van der Waals surface area contributed by atoms with Gasteiger partial charge in [-0.3, -0.25) is 14.4 Å². The number of unbranched alkanes of at least 4 members (excludes halogenated alkanes) is 2. The lowest BCUT2D eigenvalue weighted by Crippen LogP contribution is -2.46. The van der Waals surface area contributed by atoms with Crippen LogP contribution in [0, 0.1) is 20.8 Å². The van der Waals surface area contributed by atoms with Crippen LogP contribution >= 0.6 is 0 Å². The van der Waals surface area contributed by atoms with Gasteiger partial charge in [0.25, 0.3) is 17.7 Å². The molecule has 266 valence electrons. The number of aromatic nitrogens is 3. The lowest BCUT2D eigenvalue weighted by atomic mass is 9.93. The Balaban J connectivity index is 1.38. The first-order valence-electron chi connectivity index (χ1n) is 18.0. The number of amides is 3. The highest BCUT2D eigenvalue weighted by Gasteiger charge is 2.32. The molecule has 3 N–H and O–H groups in total. The van der Waals surface area contributed by atoms with Crippen molar-refractivity contribution in [2.75, 3.05) is 25.0 Å². The molecule has 5 aromatic rings. The van der Waals surface area contributed by atoms with Crippen LogP contribution in [0.1, 0.15) is 98.8 Å². The van der Waals surface area contributed by atoms with Crippen LogP contribution in [0.5, 0.6) is 0 Å². The predicted molar refractivity (Wildman–Crippen MR) is 201 cm³/mol. The molecule has 1 unspecified atom stereocenters. The Morgan fingerprint density at radius 2 is 1.67 bits per heavy atom. The summed E-state index contributed by atoms with van der Waals surface area (Å²) in [6.45, 7) is 11.6. The Labute approximate surface area is 299 Å². The smallest absolute Gasteiger partial charge is 0.274 e. The number of carbonyl (C=O) groups excluding carboxylic acids is 3. The second-order valence-corrected chi connectivity index (χ2v) is 13.6. The van der Waals surface area contributed by atoms with Crippen molar-refractivity contribution in [1.82, 2.24) is 24.6 Å². The second-order valence-electron chi connectivity index (χ2n) is 13.6. The third-order valence-corrected chi connectivity index (χ3v) is 10.1. The molecule has 51 heavy (non-hydrogen) atoms. The summed E-state index contributed by atoms with van der Waals surface area (Å²) >= 11 is 0. The molecule has 0 spiro atoms. The first-order valence-corrected chi connectivity index (χ1v) is 18.0. The first kappa shape index (κ1) is 35.6. The highest BCUT2D eigenvalue weighted by atomic mass is 16.3. The summed E-state index contributed by atoms with van der Waals surface area (Å²) in [7, 11) is 0. The van der Waals surface area contributed by atoms with E-state index in [1.807, 2.05) is 62.1 Å². The van der Waals surface area contributed by atoms with Crippen LogP contribution in [0.15, 0.2) is 66.7 Å². The Bertz CT molecular complexity index is 2070. The fourth-order valence-electron chi connectivity index (χ4n) is 6.93. The molecule has 0 aliphatic carbocycles. The highest BCUT2D eigenvalue weighted by Crippen LogP contribution is 2.30. The molecule has 3 aromatic carbocycles. The molecule has 0 saturated heterocycles. The van der Waals surface area contributed by atoms with Crippen molar-refractivity contribution in [2.45, 2.75) is 79.3 Å². The van der Waals surface area contributed by atoms with E-state index in [4.69, 9.17) is 5.10 Å². The van der Waals surface area contributed by atoms with Crippen molar-refractivity contribution in [2.24, 2.45) is 0 Å². The summed E-state index contributed by atoms with van der Waals surface area (Å²) in [6.07, 6.45) is 4.30. The molecule has 3 heterocycles. The fourth-order valence-corrected chi connectivity index (χ4v) is 6.93. The molecule has 6 rings (SSSR count). The summed E-state index contributed by atoms with van der Waals surface area (Å²) in [5, 5.41) is 19.3. The average molecular weight is 689 g/mol. The van der Waals surface area contributed by atoms with Crippen LogP contribution in [0.2, 0.25) is 0 Å². The third kappa shape index (κ3) is 7.32. The van der Waals surface area contributed by atoms with Crippen molar-refractivity contribution in [3.8, 4) is 5.69 Å². The zero-order valence-corrected chi connectivity index (χ0v) is 30.3. The Morgan fingerprint density at radius 1 is 0.941 bits per heavy atom. The molecule has 10 nitrogen and oxygen atoms in total. The lowest BCUT2D eigenvalue weighted by molar-refractivity contribution is 0.0544. The van der Waals surface area contributed by atoms with Crippen molar-refractivity contribution >= 4 is 34.3 Å². The number of hydrogen-bond donors (Lipinski definition) is 3. The lowest BCUT2D eigenvalue weighted by Gasteiger charge is -2.36. The van der Waals surface area contributed by atoms with Crippen molar-refractivity contribution in [3.63, 3.8) is 0 Å². The van der Waals surface area contributed by atoms with Gasteiger partial charge in [0.05, 0.1) is 23.9 Å². The minimum atomic E-state index is -0.431. The molecule has 10 heteroatoms. The summed E-state index contributed by atoms with van der Waals surface area (Å²) in [5.41, 5.74) is 7.93. The SMILES string of the molecule is CCCCN(CCCC)C(=O)c1cc(C)n(-c2ccc(NC(=O)c3ccc4c(C)c(C)[nH]c4c3)cc2C(=O)N2Cc3ccccc3CC2CO)n1.